The summed E-state index contributed by atoms with van der Waals surface area (Å²) in [6, 6.07) is 10.4. The highest BCUT2D eigenvalue weighted by molar-refractivity contribution is 6.31. The van der Waals surface area contributed by atoms with Gasteiger partial charge in [0.2, 0.25) is 5.91 Å². The molecule has 0 atom stereocenters. The molecule has 0 bridgehead atoms. The molecule has 5 nitrogen and oxygen atoms in total. The van der Waals surface area contributed by atoms with Crippen molar-refractivity contribution < 1.29 is 18.8 Å². The summed E-state index contributed by atoms with van der Waals surface area (Å²) in [5.74, 6) is -2.40. The van der Waals surface area contributed by atoms with E-state index in [9.17, 15) is 18.8 Å². The van der Waals surface area contributed by atoms with E-state index >= 15 is 0 Å². The minimum Gasteiger partial charge on any atom is -0.398 e. The molecule has 0 unspecified atom stereocenters. The van der Waals surface area contributed by atoms with E-state index in [0.717, 1.165) is 12.8 Å². The maximum absolute atomic E-state index is 13.8. The molecule has 0 saturated heterocycles. The molecule has 0 aromatic heterocycles. The van der Waals surface area contributed by atoms with Crippen molar-refractivity contribution in [3.63, 3.8) is 0 Å². The second kappa shape index (κ2) is 5.76. The third-order valence-corrected chi connectivity index (χ3v) is 5.39. The molecule has 2 aliphatic rings. The molecule has 26 heavy (non-hydrogen) atoms. The summed E-state index contributed by atoms with van der Waals surface area (Å²) in [5, 5.41) is 0. The smallest absolute Gasteiger partial charge is 0.270 e. The number of nitrogens with two attached hydrogens (primary N) is 1. The van der Waals surface area contributed by atoms with Gasteiger partial charge in [-0.15, -0.1) is 0 Å². The lowest BCUT2D eigenvalue weighted by Gasteiger charge is -2.31. The molecule has 1 fully saturated rings. The van der Waals surface area contributed by atoms with Crippen LogP contribution in [0, 0.1) is 5.82 Å². The molecule has 6 heteroatoms. The predicted molar refractivity (Wildman–Crippen MR) is 92.9 cm³/mol. The molecule has 2 aromatic rings. The van der Waals surface area contributed by atoms with Crippen LogP contribution >= 0.6 is 0 Å². The fourth-order valence-electron chi connectivity index (χ4n) is 4.10. The van der Waals surface area contributed by atoms with Crippen molar-refractivity contribution in [2.75, 3.05) is 5.73 Å². The zero-order valence-corrected chi connectivity index (χ0v) is 14.0. The normalized spacial score (nSPS) is 18.3. The van der Waals surface area contributed by atoms with Gasteiger partial charge in [0.25, 0.3) is 11.8 Å². The molecular weight excluding hydrogens is 335 g/mol. The maximum atomic E-state index is 13.8. The van der Waals surface area contributed by atoms with E-state index in [-0.39, 0.29) is 16.8 Å². The molecule has 4 rings (SSSR count). The van der Waals surface area contributed by atoms with Gasteiger partial charge in [-0.3, -0.25) is 14.4 Å². The van der Waals surface area contributed by atoms with Gasteiger partial charge in [0, 0.05) is 5.69 Å². The molecule has 1 heterocycles. The standard InChI is InChI=1S/C20H17FN2O3/c21-13-6-3-5-12(11-13)20(9-1-2-10-20)19(26)23-17(24)14-7-4-8-15(22)16(14)18(23)25/h3-8,11H,1-2,9-10,22H2. The number of hydrogen-bond donors (Lipinski definition) is 1. The molecule has 1 saturated carbocycles. The van der Waals surface area contributed by atoms with Gasteiger partial charge in [-0.05, 0) is 42.7 Å². The van der Waals surface area contributed by atoms with E-state index in [0.29, 0.717) is 23.3 Å². The molecule has 1 aliphatic heterocycles. The Morgan fingerprint density at radius 2 is 1.73 bits per heavy atom. The lowest BCUT2D eigenvalue weighted by Crippen LogP contribution is -2.48. The first-order valence-corrected chi connectivity index (χ1v) is 8.53. The predicted octanol–water partition coefficient (Wildman–Crippen LogP) is 3.04. The summed E-state index contributed by atoms with van der Waals surface area (Å²) < 4.78 is 13.8. The summed E-state index contributed by atoms with van der Waals surface area (Å²) >= 11 is 0. The largest absolute Gasteiger partial charge is 0.398 e. The number of carbonyl (C=O) groups excluding carboxylic acids is 3. The number of fused-ring (bicyclic) bond motifs is 1. The number of nitrogen functional groups attached to an aromatic ring is 1. The van der Waals surface area contributed by atoms with Gasteiger partial charge in [-0.1, -0.05) is 31.0 Å². The number of carbonyl (C=O) groups is 3. The minimum absolute atomic E-state index is 0.0678. The van der Waals surface area contributed by atoms with E-state index in [1.54, 1.807) is 18.2 Å². The van der Waals surface area contributed by atoms with Crippen LogP contribution in [0.15, 0.2) is 42.5 Å². The number of rotatable bonds is 2. The molecule has 2 N–H and O–H groups in total. The van der Waals surface area contributed by atoms with Gasteiger partial charge in [-0.2, -0.15) is 0 Å². The number of anilines is 1. The van der Waals surface area contributed by atoms with Crippen LogP contribution in [0.25, 0.3) is 0 Å². The Balaban J connectivity index is 1.80. The summed E-state index contributed by atoms with van der Waals surface area (Å²) in [7, 11) is 0. The number of benzene rings is 2. The third-order valence-electron chi connectivity index (χ3n) is 5.39. The Kier molecular flexibility index (Phi) is 3.64. The molecule has 2 aromatic carbocycles. The topological polar surface area (TPSA) is 80.5 Å². The van der Waals surface area contributed by atoms with E-state index in [2.05, 4.69) is 0 Å². The van der Waals surface area contributed by atoms with Crippen LogP contribution in [0.4, 0.5) is 10.1 Å². The minimum atomic E-state index is -1.07. The van der Waals surface area contributed by atoms with Crippen LogP contribution in [0.1, 0.15) is 52.0 Å². The van der Waals surface area contributed by atoms with Crippen molar-refractivity contribution in [3.8, 4) is 0 Å². The van der Waals surface area contributed by atoms with Gasteiger partial charge in [0.15, 0.2) is 0 Å². The number of imide groups is 3. The Morgan fingerprint density at radius 3 is 2.38 bits per heavy atom. The van der Waals surface area contributed by atoms with Gasteiger partial charge >= 0.3 is 0 Å². The van der Waals surface area contributed by atoms with Crippen molar-refractivity contribution in [1.29, 1.82) is 0 Å². The summed E-state index contributed by atoms with van der Waals surface area (Å²) in [5.41, 5.74) is 5.65. The lowest BCUT2D eigenvalue weighted by atomic mass is 9.77. The molecule has 3 amide bonds. The Labute approximate surface area is 149 Å². The average Bonchev–Trinajstić information content (AvgIpc) is 3.20. The van der Waals surface area contributed by atoms with Gasteiger partial charge < -0.3 is 5.73 Å². The fraction of sp³-hybridized carbons (Fsp3) is 0.250. The highest BCUT2D eigenvalue weighted by Gasteiger charge is 2.51. The Hall–Kier alpha value is -3.02. The highest BCUT2D eigenvalue weighted by atomic mass is 19.1. The first-order chi connectivity index (χ1) is 12.5. The molecular formula is C20H17FN2O3. The number of hydrogen-bond acceptors (Lipinski definition) is 4. The fourth-order valence-corrected chi connectivity index (χ4v) is 4.10. The molecule has 0 radical (unpaired) electrons. The monoisotopic (exact) mass is 352 g/mol. The van der Waals surface area contributed by atoms with Crippen molar-refractivity contribution in [3.05, 3.63) is 65.0 Å². The van der Waals surface area contributed by atoms with Crippen molar-refractivity contribution in [2.24, 2.45) is 0 Å². The second-order valence-electron chi connectivity index (χ2n) is 6.82. The zero-order chi connectivity index (χ0) is 18.5. The van der Waals surface area contributed by atoms with Gasteiger partial charge in [0.05, 0.1) is 16.5 Å². The maximum Gasteiger partial charge on any atom is 0.270 e. The van der Waals surface area contributed by atoms with Crippen molar-refractivity contribution >= 4 is 23.4 Å². The summed E-state index contributed by atoms with van der Waals surface area (Å²) in [6.45, 7) is 0. The molecule has 0 spiro atoms. The first-order valence-electron chi connectivity index (χ1n) is 8.53. The van der Waals surface area contributed by atoms with E-state index in [1.165, 1.54) is 24.3 Å². The summed E-state index contributed by atoms with van der Waals surface area (Å²) in [6.07, 6.45) is 2.48. The van der Waals surface area contributed by atoms with E-state index < -0.39 is 29.0 Å². The van der Waals surface area contributed by atoms with Crippen LogP contribution in [0.2, 0.25) is 0 Å². The zero-order valence-electron chi connectivity index (χ0n) is 14.0. The van der Waals surface area contributed by atoms with Crippen LogP contribution in [0.3, 0.4) is 0 Å². The molecule has 132 valence electrons. The summed E-state index contributed by atoms with van der Waals surface area (Å²) in [4.78, 5) is 39.6. The number of nitrogens with zero attached hydrogens (tertiary/aromatic N) is 1. The quantitative estimate of drug-likeness (QED) is 0.665. The Bertz CT molecular complexity index is 948. The van der Waals surface area contributed by atoms with Crippen LogP contribution in [-0.2, 0) is 10.2 Å². The van der Waals surface area contributed by atoms with Gasteiger partial charge in [-0.25, -0.2) is 9.29 Å². The second-order valence-corrected chi connectivity index (χ2v) is 6.82. The van der Waals surface area contributed by atoms with Crippen LogP contribution in [-0.4, -0.2) is 22.6 Å². The van der Waals surface area contributed by atoms with Crippen molar-refractivity contribution in [1.82, 2.24) is 4.90 Å². The lowest BCUT2D eigenvalue weighted by molar-refractivity contribution is -0.132. The first kappa shape index (κ1) is 16.4. The van der Waals surface area contributed by atoms with Gasteiger partial charge in [0.1, 0.15) is 5.82 Å². The van der Waals surface area contributed by atoms with E-state index in [1.807, 2.05) is 0 Å². The number of halogens is 1. The SMILES string of the molecule is Nc1cccc2c1C(=O)N(C(=O)C1(c3cccc(F)c3)CCCC1)C2=O. The Morgan fingerprint density at radius 1 is 1.04 bits per heavy atom. The van der Waals surface area contributed by atoms with Crippen LogP contribution < -0.4 is 5.73 Å². The third kappa shape index (κ3) is 2.18. The highest BCUT2D eigenvalue weighted by Crippen LogP contribution is 2.44. The van der Waals surface area contributed by atoms with Crippen molar-refractivity contribution in [2.45, 2.75) is 31.1 Å². The number of amides is 3. The average molecular weight is 352 g/mol. The van der Waals surface area contributed by atoms with E-state index in [4.69, 9.17) is 5.73 Å². The molecule has 1 aliphatic carbocycles. The van der Waals surface area contributed by atoms with Crippen LogP contribution in [0.5, 0.6) is 0 Å².